The summed E-state index contributed by atoms with van der Waals surface area (Å²) in [6.45, 7) is -0.0651. The Labute approximate surface area is 98.8 Å². The molecule has 6 nitrogen and oxygen atoms in total. The average molecular weight is 238 g/mol. The van der Waals surface area contributed by atoms with E-state index in [1.807, 2.05) is 0 Å². The second-order valence-electron chi connectivity index (χ2n) is 3.44. The zero-order valence-corrected chi connectivity index (χ0v) is 9.66. The van der Waals surface area contributed by atoms with E-state index in [4.69, 9.17) is 9.84 Å². The van der Waals surface area contributed by atoms with Crippen LogP contribution in [-0.2, 0) is 9.53 Å². The number of methoxy groups -OCH3 is 1. The molecule has 0 radical (unpaired) electrons. The molecule has 0 spiro atoms. The summed E-state index contributed by atoms with van der Waals surface area (Å²) < 4.78 is 4.78. The molecule has 1 heterocycles. The number of rotatable bonds is 5. The molecule has 0 saturated carbocycles. The summed E-state index contributed by atoms with van der Waals surface area (Å²) in [5, 5.41) is 8.98. The monoisotopic (exact) mass is 238 g/mol. The summed E-state index contributed by atoms with van der Waals surface area (Å²) in [5.41, 5.74) is 0.206. The molecular weight excluding hydrogens is 224 g/mol. The number of nitrogens with zero attached hydrogens (tertiary/aromatic N) is 2. The zero-order valence-electron chi connectivity index (χ0n) is 9.66. The van der Waals surface area contributed by atoms with Crippen LogP contribution in [0.2, 0.25) is 0 Å². The standard InChI is InChI=1S/C11H14N2O4/c1-13(9(7-17-2)11(15)16)10(14)8-5-3-4-6-12-8/h3-6,9H,7H2,1-2H3,(H,15,16). The van der Waals surface area contributed by atoms with Gasteiger partial charge >= 0.3 is 5.97 Å². The van der Waals surface area contributed by atoms with E-state index in [2.05, 4.69) is 4.98 Å². The Morgan fingerprint density at radius 3 is 2.71 bits per heavy atom. The lowest BCUT2D eigenvalue weighted by Gasteiger charge is -2.23. The Bertz CT molecular complexity index is 394. The second-order valence-corrected chi connectivity index (χ2v) is 3.44. The summed E-state index contributed by atoms with van der Waals surface area (Å²) in [7, 11) is 2.80. The van der Waals surface area contributed by atoms with Gasteiger partial charge in [0, 0.05) is 20.4 Å². The van der Waals surface area contributed by atoms with Crippen molar-refractivity contribution >= 4 is 11.9 Å². The van der Waals surface area contributed by atoms with Gasteiger partial charge in [-0.1, -0.05) is 6.07 Å². The van der Waals surface area contributed by atoms with Crippen molar-refractivity contribution in [1.82, 2.24) is 9.88 Å². The third kappa shape index (κ3) is 3.25. The molecule has 1 aromatic rings. The van der Waals surface area contributed by atoms with Crippen LogP contribution >= 0.6 is 0 Å². The summed E-state index contributed by atoms with van der Waals surface area (Å²) in [6.07, 6.45) is 1.48. The van der Waals surface area contributed by atoms with Crippen LogP contribution in [0.3, 0.4) is 0 Å². The van der Waals surface area contributed by atoms with Crippen LogP contribution in [0.25, 0.3) is 0 Å². The molecule has 1 N–H and O–H groups in total. The number of carbonyl (C=O) groups excluding carboxylic acids is 1. The summed E-state index contributed by atoms with van der Waals surface area (Å²) >= 11 is 0. The van der Waals surface area contributed by atoms with Crippen LogP contribution in [0, 0.1) is 0 Å². The Balaban J connectivity index is 2.84. The van der Waals surface area contributed by atoms with Gasteiger partial charge in [-0.2, -0.15) is 0 Å². The molecule has 17 heavy (non-hydrogen) atoms. The van der Waals surface area contributed by atoms with Crippen molar-refractivity contribution in [3.63, 3.8) is 0 Å². The van der Waals surface area contributed by atoms with Gasteiger partial charge in [-0.15, -0.1) is 0 Å². The van der Waals surface area contributed by atoms with Crippen molar-refractivity contribution in [3.8, 4) is 0 Å². The third-order valence-corrected chi connectivity index (χ3v) is 2.28. The van der Waals surface area contributed by atoms with Gasteiger partial charge in [-0.3, -0.25) is 9.78 Å². The highest BCUT2D eigenvalue weighted by Gasteiger charge is 2.27. The number of pyridine rings is 1. The molecule has 92 valence electrons. The zero-order chi connectivity index (χ0) is 12.8. The maximum Gasteiger partial charge on any atom is 0.328 e. The van der Waals surface area contributed by atoms with Crippen molar-refractivity contribution < 1.29 is 19.4 Å². The van der Waals surface area contributed by atoms with E-state index in [-0.39, 0.29) is 12.3 Å². The Morgan fingerprint density at radius 1 is 1.53 bits per heavy atom. The van der Waals surface area contributed by atoms with E-state index < -0.39 is 17.9 Å². The first-order chi connectivity index (χ1) is 8.07. The number of carboxylic acid groups (broad SMARTS) is 1. The van der Waals surface area contributed by atoms with E-state index in [0.717, 1.165) is 4.90 Å². The number of carboxylic acids is 1. The Hall–Kier alpha value is -1.95. The van der Waals surface area contributed by atoms with Crippen molar-refractivity contribution in [2.45, 2.75) is 6.04 Å². The fraction of sp³-hybridized carbons (Fsp3) is 0.364. The van der Waals surface area contributed by atoms with Crippen LogP contribution < -0.4 is 0 Å². The number of ether oxygens (including phenoxy) is 1. The molecule has 1 aromatic heterocycles. The van der Waals surface area contributed by atoms with Gasteiger partial charge in [0.2, 0.25) is 0 Å². The molecule has 1 rings (SSSR count). The number of aliphatic carboxylic acids is 1. The number of carbonyl (C=O) groups is 2. The predicted molar refractivity (Wildman–Crippen MR) is 59.6 cm³/mol. The van der Waals surface area contributed by atoms with Gasteiger partial charge in [0.1, 0.15) is 5.69 Å². The number of amides is 1. The first-order valence-corrected chi connectivity index (χ1v) is 4.98. The highest BCUT2D eigenvalue weighted by atomic mass is 16.5. The number of hydrogen-bond acceptors (Lipinski definition) is 4. The van der Waals surface area contributed by atoms with Crippen LogP contribution in [0.5, 0.6) is 0 Å². The van der Waals surface area contributed by atoms with E-state index in [1.54, 1.807) is 12.1 Å². The predicted octanol–water partition coefficient (Wildman–Crippen LogP) is 0.253. The molecule has 0 bridgehead atoms. The third-order valence-electron chi connectivity index (χ3n) is 2.28. The fourth-order valence-electron chi connectivity index (χ4n) is 1.32. The molecule has 0 aromatic carbocycles. The first kappa shape index (κ1) is 13.1. The van der Waals surface area contributed by atoms with E-state index in [0.29, 0.717) is 0 Å². The Kier molecular flexibility index (Phi) is 4.59. The quantitative estimate of drug-likeness (QED) is 0.795. The minimum atomic E-state index is -1.11. The minimum absolute atomic E-state index is 0.0651. The molecule has 1 unspecified atom stereocenters. The number of aromatic nitrogens is 1. The van der Waals surface area contributed by atoms with Crippen LogP contribution in [0.15, 0.2) is 24.4 Å². The molecule has 0 aliphatic rings. The molecule has 1 amide bonds. The molecule has 0 aliphatic carbocycles. The molecule has 1 atom stereocenters. The highest BCUT2D eigenvalue weighted by Crippen LogP contribution is 2.05. The van der Waals surface area contributed by atoms with E-state index in [9.17, 15) is 9.59 Å². The van der Waals surface area contributed by atoms with Crippen LogP contribution in [0.4, 0.5) is 0 Å². The second kappa shape index (κ2) is 5.95. The largest absolute Gasteiger partial charge is 0.480 e. The Morgan fingerprint density at radius 2 is 2.24 bits per heavy atom. The first-order valence-electron chi connectivity index (χ1n) is 4.98. The highest BCUT2D eigenvalue weighted by molar-refractivity contribution is 5.94. The topological polar surface area (TPSA) is 79.7 Å². The van der Waals surface area contributed by atoms with Gasteiger partial charge in [-0.05, 0) is 12.1 Å². The molecule has 0 fully saturated rings. The smallest absolute Gasteiger partial charge is 0.328 e. The summed E-state index contributed by atoms with van der Waals surface area (Å²) in [6, 6.07) is 3.86. The summed E-state index contributed by atoms with van der Waals surface area (Å²) in [5.74, 6) is -1.56. The van der Waals surface area contributed by atoms with Gasteiger partial charge < -0.3 is 14.7 Å². The van der Waals surface area contributed by atoms with Gasteiger partial charge in [0.15, 0.2) is 6.04 Å². The van der Waals surface area contributed by atoms with E-state index in [1.165, 1.54) is 26.4 Å². The molecular formula is C11H14N2O4. The van der Waals surface area contributed by atoms with Crippen molar-refractivity contribution in [3.05, 3.63) is 30.1 Å². The molecule has 0 saturated heterocycles. The number of hydrogen-bond donors (Lipinski definition) is 1. The van der Waals surface area contributed by atoms with E-state index >= 15 is 0 Å². The van der Waals surface area contributed by atoms with Crippen LogP contribution in [-0.4, -0.2) is 53.7 Å². The van der Waals surface area contributed by atoms with Gasteiger partial charge in [-0.25, -0.2) is 4.79 Å². The molecule has 6 heteroatoms. The van der Waals surface area contributed by atoms with Gasteiger partial charge in [0.25, 0.3) is 5.91 Å². The van der Waals surface area contributed by atoms with Crippen LogP contribution in [0.1, 0.15) is 10.5 Å². The maximum atomic E-state index is 11.9. The minimum Gasteiger partial charge on any atom is -0.480 e. The number of likely N-dealkylation sites (N-methyl/N-ethyl adjacent to an activating group) is 1. The SMILES string of the molecule is COCC(C(=O)O)N(C)C(=O)c1ccccn1. The van der Waals surface area contributed by atoms with Crippen molar-refractivity contribution in [2.24, 2.45) is 0 Å². The normalized spacial score (nSPS) is 11.9. The lowest BCUT2D eigenvalue weighted by Crippen LogP contribution is -2.45. The van der Waals surface area contributed by atoms with Crippen molar-refractivity contribution in [1.29, 1.82) is 0 Å². The lowest BCUT2D eigenvalue weighted by atomic mass is 10.2. The lowest BCUT2D eigenvalue weighted by molar-refractivity contribution is -0.143. The maximum absolute atomic E-state index is 11.9. The average Bonchev–Trinajstić information content (AvgIpc) is 2.35. The fourth-order valence-corrected chi connectivity index (χ4v) is 1.32. The van der Waals surface area contributed by atoms with Gasteiger partial charge in [0.05, 0.1) is 6.61 Å². The van der Waals surface area contributed by atoms with Crippen molar-refractivity contribution in [2.75, 3.05) is 20.8 Å². The summed E-state index contributed by atoms with van der Waals surface area (Å²) in [4.78, 5) is 27.9. The molecule has 0 aliphatic heterocycles.